The molecule has 0 saturated heterocycles. The maximum absolute atomic E-state index is 13.1. The van der Waals surface area contributed by atoms with Gasteiger partial charge in [-0.3, -0.25) is 4.79 Å². The molecule has 0 radical (unpaired) electrons. The van der Waals surface area contributed by atoms with E-state index in [-0.39, 0.29) is 11.7 Å². The molecule has 0 spiro atoms. The van der Waals surface area contributed by atoms with Crippen molar-refractivity contribution < 1.29 is 9.90 Å². The van der Waals surface area contributed by atoms with Crippen molar-refractivity contribution in [3.63, 3.8) is 0 Å². The molecule has 1 amide bonds. The molecule has 0 fully saturated rings. The molecule has 1 aliphatic heterocycles. The van der Waals surface area contributed by atoms with Gasteiger partial charge in [-0.25, -0.2) is 0 Å². The molecule has 3 aromatic carbocycles. The Labute approximate surface area is 152 Å². The van der Waals surface area contributed by atoms with Gasteiger partial charge < -0.3 is 15.3 Å². The van der Waals surface area contributed by atoms with Crippen LogP contribution >= 0.6 is 0 Å². The number of nitrogens with one attached hydrogen (secondary N) is 1. The number of benzene rings is 3. The number of aromatic hydroxyl groups is 1. The molecule has 130 valence electrons. The fourth-order valence-corrected chi connectivity index (χ4v) is 3.38. The Hall–Kier alpha value is -3.27. The maximum Gasteiger partial charge on any atom is 0.257 e. The van der Waals surface area contributed by atoms with E-state index < -0.39 is 6.17 Å². The van der Waals surface area contributed by atoms with E-state index in [2.05, 4.69) is 17.4 Å². The van der Waals surface area contributed by atoms with Gasteiger partial charge >= 0.3 is 0 Å². The van der Waals surface area contributed by atoms with Crippen molar-refractivity contribution in [1.82, 2.24) is 4.90 Å². The number of rotatable bonds is 4. The van der Waals surface area contributed by atoms with Crippen LogP contribution in [-0.2, 0) is 6.42 Å². The van der Waals surface area contributed by atoms with E-state index in [4.69, 9.17) is 0 Å². The number of amides is 1. The second kappa shape index (κ2) is 6.92. The zero-order chi connectivity index (χ0) is 17.9. The molecular formula is C22H20N2O2. The van der Waals surface area contributed by atoms with Crippen LogP contribution in [0.15, 0.2) is 78.9 Å². The lowest BCUT2D eigenvalue weighted by atomic mass is 10.0. The number of anilines is 1. The fourth-order valence-electron chi connectivity index (χ4n) is 3.38. The standard InChI is InChI=1S/C22H20N2O2/c25-20-13-7-5-11-18(20)21-23-19-12-6-4-10-17(19)22(26)24(21)15-14-16-8-2-1-3-9-16/h1-13,21,23,25H,14-15H2. The summed E-state index contributed by atoms with van der Waals surface area (Å²) >= 11 is 0. The molecule has 1 heterocycles. The summed E-state index contributed by atoms with van der Waals surface area (Å²) in [6, 6.07) is 24.8. The molecular weight excluding hydrogens is 324 g/mol. The number of hydrogen-bond donors (Lipinski definition) is 2. The largest absolute Gasteiger partial charge is 0.508 e. The average molecular weight is 344 g/mol. The van der Waals surface area contributed by atoms with Crippen molar-refractivity contribution >= 4 is 11.6 Å². The van der Waals surface area contributed by atoms with E-state index in [0.717, 1.165) is 12.1 Å². The van der Waals surface area contributed by atoms with E-state index >= 15 is 0 Å². The predicted molar refractivity (Wildman–Crippen MR) is 102 cm³/mol. The minimum Gasteiger partial charge on any atom is -0.508 e. The van der Waals surface area contributed by atoms with Crippen molar-refractivity contribution in [2.24, 2.45) is 0 Å². The number of carbonyl (C=O) groups excluding carboxylic acids is 1. The second-order valence-corrected chi connectivity index (χ2v) is 6.39. The van der Waals surface area contributed by atoms with Crippen LogP contribution in [-0.4, -0.2) is 22.5 Å². The van der Waals surface area contributed by atoms with Crippen molar-refractivity contribution in [2.75, 3.05) is 11.9 Å². The molecule has 2 N–H and O–H groups in total. The van der Waals surface area contributed by atoms with Gasteiger partial charge in [0.15, 0.2) is 0 Å². The van der Waals surface area contributed by atoms with Gasteiger partial charge in [0.25, 0.3) is 5.91 Å². The molecule has 1 atom stereocenters. The quantitative estimate of drug-likeness (QED) is 0.746. The van der Waals surface area contributed by atoms with Gasteiger partial charge in [0.1, 0.15) is 11.9 Å². The molecule has 4 heteroatoms. The molecule has 3 aromatic rings. The summed E-state index contributed by atoms with van der Waals surface area (Å²) < 4.78 is 0. The molecule has 1 unspecified atom stereocenters. The van der Waals surface area contributed by atoms with Gasteiger partial charge in [-0.05, 0) is 30.2 Å². The molecule has 0 bridgehead atoms. The summed E-state index contributed by atoms with van der Waals surface area (Å²) in [5.41, 5.74) is 3.33. The monoisotopic (exact) mass is 344 g/mol. The highest BCUT2D eigenvalue weighted by Crippen LogP contribution is 2.36. The summed E-state index contributed by atoms with van der Waals surface area (Å²) in [7, 11) is 0. The Bertz CT molecular complexity index is 924. The van der Waals surface area contributed by atoms with Gasteiger partial charge in [-0.15, -0.1) is 0 Å². The van der Waals surface area contributed by atoms with Crippen molar-refractivity contribution in [3.8, 4) is 5.75 Å². The zero-order valence-corrected chi connectivity index (χ0v) is 14.3. The van der Waals surface area contributed by atoms with Crippen LogP contribution in [0.1, 0.15) is 27.7 Å². The van der Waals surface area contributed by atoms with E-state index in [1.54, 1.807) is 17.0 Å². The van der Waals surface area contributed by atoms with Gasteiger partial charge in [-0.1, -0.05) is 60.7 Å². The van der Waals surface area contributed by atoms with E-state index in [0.29, 0.717) is 17.7 Å². The van der Waals surface area contributed by atoms with E-state index in [1.165, 1.54) is 5.56 Å². The maximum atomic E-state index is 13.1. The zero-order valence-electron chi connectivity index (χ0n) is 14.3. The number of carbonyl (C=O) groups is 1. The Morgan fingerprint density at radius 2 is 1.58 bits per heavy atom. The Morgan fingerprint density at radius 1 is 0.885 bits per heavy atom. The first-order chi connectivity index (χ1) is 12.7. The van der Waals surface area contributed by atoms with E-state index in [1.807, 2.05) is 54.6 Å². The number of para-hydroxylation sites is 2. The predicted octanol–water partition coefficient (Wildman–Crippen LogP) is 4.20. The van der Waals surface area contributed by atoms with Crippen molar-refractivity contribution in [3.05, 3.63) is 95.6 Å². The molecule has 0 aromatic heterocycles. The topological polar surface area (TPSA) is 52.6 Å². The van der Waals surface area contributed by atoms with Crippen molar-refractivity contribution in [2.45, 2.75) is 12.6 Å². The first kappa shape index (κ1) is 16.2. The third kappa shape index (κ3) is 3.02. The van der Waals surface area contributed by atoms with Crippen LogP contribution in [0.5, 0.6) is 5.75 Å². The molecule has 4 nitrogen and oxygen atoms in total. The second-order valence-electron chi connectivity index (χ2n) is 6.39. The molecule has 4 rings (SSSR count). The normalized spacial score (nSPS) is 16.1. The van der Waals surface area contributed by atoms with Crippen LogP contribution < -0.4 is 5.32 Å². The first-order valence-corrected chi connectivity index (χ1v) is 8.72. The SMILES string of the molecule is O=C1c2ccccc2NC(c2ccccc2O)N1CCc1ccccc1. The highest BCUT2D eigenvalue weighted by Gasteiger charge is 2.33. The van der Waals surface area contributed by atoms with Gasteiger partial charge in [0, 0.05) is 17.8 Å². The lowest BCUT2D eigenvalue weighted by molar-refractivity contribution is 0.0684. The lowest BCUT2D eigenvalue weighted by Crippen LogP contribution is -2.44. The van der Waals surface area contributed by atoms with Crippen LogP contribution in [0, 0.1) is 0 Å². The third-order valence-corrected chi connectivity index (χ3v) is 4.74. The summed E-state index contributed by atoms with van der Waals surface area (Å²) in [5.74, 6) is 0.158. The molecule has 0 aliphatic carbocycles. The number of phenols is 1. The molecule has 26 heavy (non-hydrogen) atoms. The lowest BCUT2D eigenvalue weighted by Gasteiger charge is -2.38. The van der Waals surface area contributed by atoms with Crippen LogP contribution in [0.2, 0.25) is 0 Å². The Kier molecular flexibility index (Phi) is 4.32. The molecule has 0 saturated carbocycles. The molecule has 1 aliphatic rings. The highest BCUT2D eigenvalue weighted by molar-refractivity contribution is 6.01. The third-order valence-electron chi connectivity index (χ3n) is 4.74. The minimum atomic E-state index is -0.401. The van der Waals surface area contributed by atoms with E-state index in [9.17, 15) is 9.90 Å². The number of phenolic OH excluding ortho intramolecular Hbond substituents is 1. The van der Waals surface area contributed by atoms with Crippen molar-refractivity contribution in [1.29, 1.82) is 0 Å². The van der Waals surface area contributed by atoms with Gasteiger partial charge in [-0.2, -0.15) is 0 Å². The number of fused-ring (bicyclic) bond motifs is 1. The Balaban J connectivity index is 1.69. The summed E-state index contributed by atoms with van der Waals surface area (Å²) in [5, 5.41) is 13.7. The van der Waals surface area contributed by atoms with Crippen LogP contribution in [0.4, 0.5) is 5.69 Å². The smallest absolute Gasteiger partial charge is 0.257 e. The first-order valence-electron chi connectivity index (χ1n) is 8.72. The fraction of sp³-hybridized carbons (Fsp3) is 0.136. The Morgan fingerprint density at radius 3 is 2.38 bits per heavy atom. The van der Waals surface area contributed by atoms with Gasteiger partial charge in [0.05, 0.1) is 5.56 Å². The minimum absolute atomic E-state index is 0.0245. The average Bonchev–Trinajstić information content (AvgIpc) is 2.68. The van der Waals surface area contributed by atoms with Crippen LogP contribution in [0.25, 0.3) is 0 Å². The number of nitrogens with zero attached hydrogens (tertiary/aromatic N) is 1. The highest BCUT2D eigenvalue weighted by atomic mass is 16.3. The number of hydrogen-bond acceptors (Lipinski definition) is 3. The summed E-state index contributed by atoms with van der Waals surface area (Å²) in [4.78, 5) is 14.9. The van der Waals surface area contributed by atoms with Gasteiger partial charge in [0.2, 0.25) is 0 Å². The summed E-state index contributed by atoms with van der Waals surface area (Å²) in [6.07, 6.45) is 0.350. The summed E-state index contributed by atoms with van der Waals surface area (Å²) in [6.45, 7) is 0.559. The van der Waals surface area contributed by atoms with Crippen LogP contribution in [0.3, 0.4) is 0 Å².